The number of fused-ring (bicyclic) bond motifs is 1. The van der Waals surface area contributed by atoms with Crippen molar-refractivity contribution in [2.24, 2.45) is 0 Å². The fourth-order valence-corrected chi connectivity index (χ4v) is 1.45. The quantitative estimate of drug-likeness (QED) is 0.684. The molecule has 2 rings (SSSR count). The van der Waals surface area contributed by atoms with E-state index in [9.17, 15) is 9.59 Å². The molecular formula is C9H6N2O2S. The molecule has 1 aromatic carbocycles. The Hall–Kier alpha value is -1.62. The Labute approximate surface area is 84.4 Å². The molecule has 2 aromatic rings. The number of thiol groups is 1. The predicted molar refractivity (Wildman–Crippen MR) is 55.7 cm³/mol. The molecule has 0 aliphatic carbocycles. The Morgan fingerprint density at radius 2 is 2.21 bits per heavy atom. The molecule has 1 aromatic heterocycles. The molecule has 0 bridgehead atoms. The number of rotatable bonds is 1. The van der Waals surface area contributed by atoms with Crippen molar-refractivity contribution in [2.75, 3.05) is 0 Å². The molecule has 1 heterocycles. The average Bonchev–Trinajstić information content (AvgIpc) is 2.17. The molecule has 0 aliphatic rings. The second-order valence-electron chi connectivity index (χ2n) is 2.74. The Kier molecular flexibility index (Phi) is 2.09. The number of nitrogens with zero attached hydrogens (tertiary/aromatic N) is 1. The van der Waals surface area contributed by atoms with E-state index < -0.39 is 5.12 Å². The number of para-hydroxylation sites is 1. The standard InChI is InChI=1S/C9H6N2O2S/c12-8-5-2-1-3-6(9(13)14)7(5)10-4-11-8/h1-4H,(H,13,14)(H,10,11,12). The first kappa shape index (κ1) is 8.96. The largest absolute Gasteiger partial charge is 0.313 e. The molecule has 0 amide bonds. The first-order chi connectivity index (χ1) is 6.70. The van der Waals surface area contributed by atoms with Crippen molar-refractivity contribution in [3.8, 4) is 0 Å². The Balaban J connectivity index is 2.95. The molecule has 14 heavy (non-hydrogen) atoms. The molecule has 5 heteroatoms. The van der Waals surface area contributed by atoms with Gasteiger partial charge in [-0.05, 0) is 12.1 Å². The highest BCUT2D eigenvalue weighted by Crippen LogP contribution is 2.13. The summed E-state index contributed by atoms with van der Waals surface area (Å²) in [6.07, 6.45) is 1.27. The van der Waals surface area contributed by atoms with Crippen molar-refractivity contribution in [3.63, 3.8) is 0 Å². The second kappa shape index (κ2) is 3.26. The van der Waals surface area contributed by atoms with E-state index in [-0.39, 0.29) is 5.56 Å². The molecule has 0 aliphatic heterocycles. The van der Waals surface area contributed by atoms with Crippen LogP contribution in [0.2, 0.25) is 0 Å². The number of nitrogens with one attached hydrogen (secondary N) is 1. The predicted octanol–water partition coefficient (Wildman–Crippen LogP) is 0.993. The molecule has 0 radical (unpaired) electrons. The van der Waals surface area contributed by atoms with E-state index >= 15 is 0 Å². The summed E-state index contributed by atoms with van der Waals surface area (Å²) in [4.78, 5) is 28.8. The minimum atomic E-state index is -0.395. The van der Waals surface area contributed by atoms with Crippen LogP contribution in [-0.4, -0.2) is 15.1 Å². The number of carbonyl (C=O) groups is 1. The van der Waals surface area contributed by atoms with Crippen LogP contribution in [0.15, 0.2) is 29.3 Å². The summed E-state index contributed by atoms with van der Waals surface area (Å²) in [5.74, 6) is 0. The normalized spacial score (nSPS) is 10.4. The van der Waals surface area contributed by atoms with E-state index in [1.165, 1.54) is 6.33 Å². The molecule has 0 saturated carbocycles. The van der Waals surface area contributed by atoms with Crippen LogP contribution in [0.25, 0.3) is 10.9 Å². The van der Waals surface area contributed by atoms with Crippen LogP contribution in [0, 0.1) is 0 Å². The minimum Gasteiger partial charge on any atom is -0.313 e. The third-order valence-electron chi connectivity index (χ3n) is 1.90. The fourth-order valence-electron chi connectivity index (χ4n) is 1.27. The van der Waals surface area contributed by atoms with Crippen LogP contribution in [0.1, 0.15) is 10.4 Å². The first-order valence-electron chi connectivity index (χ1n) is 3.90. The van der Waals surface area contributed by atoms with Gasteiger partial charge in [0.1, 0.15) is 0 Å². The van der Waals surface area contributed by atoms with E-state index in [1.807, 2.05) is 0 Å². The zero-order chi connectivity index (χ0) is 10.1. The molecule has 70 valence electrons. The lowest BCUT2D eigenvalue weighted by molar-refractivity contribution is 0.109. The van der Waals surface area contributed by atoms with Gasteiger partial charge in [-0.25, -0.2) is 4.98 Å². The van der Waals surface area contributed by atoms with Gasteiger partial charge >= 0.3 is 0 Å². The van der Waals surface area contributed by atoms with Gasteiger partial charge in [0, 0.05) is 0 Å². The first-order valence-corrected chi connectivity index (χ1v) is 4.34. The lowest BCUT2D eigenvalue weighted by atomic mass is 10.1. The van der Waals surface area contributed by atoms with Crippen molar-refractivity contribution < 1.29 is 4.79 Å². The van der Waals surface area contributed by atoms with Crippen LogP contribution in [0.3, 0.4) is 0 Å². The van der Waals surface area contributed by atoms with Gasteiger partial charge in [0.05, 0.1) is 22.8 Å². The second-order valence-corrected chi connectivity index (χ2v) is 3.14. The van der Waals surface area contributed by atoms with Crippen molar-refractivity contribution >= 4 is 28.6 Å². The maximum absolute atomic E-state index is 11.3. The zero-order valence-electron chi connectivity index (χ0n) is 7.02. The topological polar surface area (TPSA) is 62.8 Å². The summed E-state index contributed by atoms with van der Waals surface area (Å²) in [6.45, 7) is 0. The van der Waals surface area contributed by atoms with Crippen molar-refractivity contribution in [3.05, 3.63) is 40.4 Å². The van der Waals surface area contributed by atoms with Gasteiger partial charge in [-0.1, -0.05) is 6.07 Å². The SMILES string of the molecule is O=C(S)c1cccc2c(=O)[nH]cnc12. The Morgan fingerprint density at radius 1 is 1.43 bits per heavy atom. The lowest BCUT2D eigenvalue weighted by Crippen LogP contribution is -2.08. The summed E-state index contributed by atoms with van der Waals surface area (Å²) >= 11 is 3.71. The summed E-state index contributed by atoms with van der Waals surface area (Å²) < 4.78 is 0. The van der Waals surface area contributed by atoms with E-state index in [0.29, 0.717) is 16.5 Å². The van der Waals surface area contributed by atoms with Gasteiger partial charge in [-0.3, -0.25) is 9.59 Å². The number of hydrogen-bond acceptors (Lipinski definition) is 3. The maximum Gasteiger partial charge on any atom is 0.258 e. The van der Waals surface area contributed by atoms with Gasteiger partial charge in [-0.15, -0.1) is 12.6 Å². The number of H-pyrrole nitrogens is 1. The average molecular weight is 206 g/mol. The maximum atomic E-state index is 11.3. The van der Waals surface area contributed by atoms with E-state index in [2.05, 4.69) is 22.6 Å². The summed E-state index contributed by atoms with van der Waals surface area (Å²) in [5, 5.41) is 0.00102. The molecule has 4 nitrogen and oxygen atoms in total. The summed E-state index contributed by atoms with van der Waals surface area (Å²) in [6, 6.07) is 4.83. The van der Waals surface area contributed by atoms with Crippen LogP contribution in [-0.2, 0) is 0 Å². The fraction of sp³-hybridized carbons (Fsp3) is 0. The molecule has 0 atom stereocenters. The van der Waals surface area contributed by atoms with Gasteiger partial charge in [-0.2, -0.15) is 0 Å². The molecule has 0 unspecified atom stereocenters. The Bertz CT molecular complexity index is 562. The van der Waals surface area contributed by atoms with E-state index in [0.717, 1.165) is 0 Å². The molecule has 0 fully saturated rings. The van der Waals surface area contributed by atoms with Gasteiger partial charge in [0.25, 0.3) is 5.56 Å². The van der Waals surface area contributed by atoms with Crippen molar-refractivity contribution in [1.29, 1.82) is 0 Å². The van der Waals surface area contributed by atoms with Crippen LogP contribution >= 0.6 is 12.6 Å². The highest BCUT2D eigenvalue weighted by atomic mass is 32.1. The number of hydrogen-bond donors (Lipinski definition) is 2. The van der Waals surface area contributed by atoms with Gasteiger partial charge in [0.2, 0.25) is 5.12 Å². The van der Waals surface area contributed by atoms with Crippen molar-refractivity contribution in [1.82, 2.24) is 9.97 Å². The molecule has 0 saturated heterocycles. The lowest BCUT2D eigenvalue weighted by Gasteiger charge is -1.99. The molecule has 0 spiro atoms. The Morgan fingerprint density at radius 3 is 2.93 bits per heavy atom. The highest BCUT2D eigenvalue weighted by molar-refractivity contribution is 7.97. The van der Waals surface area contributed by atoms with Gasteiger partial charge < -0.3 is 4.98 Å². The minimum absolute atomic E-state index is 0.258. The monoisotopic (exact) mass is 206 g/mol. The highest BCUT2D eigenvalue weighted by Gasteiger charge is 2.08. The van der Waals surface area contributed by atoms with E-state index in [1.54, 1.807) is 18.2 Å². The van der Waals surface area contributed by atoms with Gasteiger partial charge in [0.15, 0.2) is 0 Å². The number of carbonyl (C=O) groups excluding carboxylic acids is 1. The summed E-state index contributed by atoms with van der Waals surface area (Å²) in [7, 11) is 0. The number of aromatic nitrogens is 2. The summed E-state index contributed by atoms with van der Waals surface area (Å²) in [5.41, 5.74) is 0.472. The number of benzene rings is 1. The van der Waals surface area contributed by atoms with Crippen LogP contribution in [0.5, 0.6) is 0 Å². The number of aromatic amines is 1. The van der Waals surface area contributed by atoms with Crippen molar-refractivity contribution in [2.45, 2.75) is 0 Å². The van der Waals surface area contributed by atoms with Crippen LogP contribution in [0.4, 0.5) is 0 Å². The molecule has 1 N–H and O–H groups in total. The van der Waals surface area contributed by atoms with Crippen LogP contribution < -0.4 is 5.56 Å². The third kappa shape index (κ3) is 1.31. The smallest absolute Gasteiger partial charge is 0.258 e. The molecular weight excluding hydrogens is 200 g/mol. The zero-order valence-corrected chi connectivity index (χ0v) is 7.91. The third-order valence-corrected chi connectivity index (χ3v) is 2.14. The van der Waals surface area contributed by atoms with E-state index in [4.69, 9.17) is 0 Å².